The normalized spacial score (nSPS) is 10.2. The van der Waals surface area contributed by atoms with Crippen LogP contribution in [0.15, 0.2) is 61.7 Å². The van der Waals surface area contributed by atoms with E-state index < -0.39 is 0 Å². The molecule has 0 bridgehead atoms. The van der Waals surface area contributed by atoms with Crippen LogP contribution in [0.5, 0.6) is 0 Å². The molecule has 1 aromatic carbocycles. The second kappa shape index (κ2) is 4.62. The van der Waals surface area contributed by atoms with E-state index in [0.717, 1.165) is 5.69 Å². The number of rotatable bonds is 3. The van der Waals surface area contributed by atoms with Gasteiger partial charge in [-0.15, -0.1) is 0 Å². The lowest BCUT2D eigenvalue weighted by Gasteiger charge is -2.22. The SMILES string of the molecule is c1ccc(N(c2ncncn2)n2ccnc2)cc1. The number of hydrogen-bond acceptors (Lipinski definition) is 5. The summed E-state index contributed by atoms with van der Waals surface area (Å²) >= 11 is 0. The second-order valence-corrected chi connectivity index (χ2v) is 3.53. The van der Waals surface area contributed by atoms with Crippen LogP contribution < -0.4 is 5.01 Å². The summed E-state index contributed by atoms with van der Waals surface area (Å²) in [5, 5.41) is 1.84. The first-order valence-electron chi connectivity index (χ1n) is 5.40. The van der Waals surface area contributed by atoms with E-state index in [1.807, 2.05) is 46.2 Å². The Balaban J connectivity index is 2.11. The summed E-state index contributed by atoms with van der Waals surface area (Å²) in [7, 11) is 0. The Morgan fingerprint density at radius 3 is 2.39 bits per heavy atom. The zero-order valence-electron chi connectivity index (χ0n) is 9.46. The zero-order valence-corrected chi connectivity index (χ0v) is 9.46. The average Bonchev–Trinajstić information content (AvgIpc) is 2.95. The van der Waals surface area contributed by atoms with Gasteiger partial charge in [0.05, 0.1) is 5.69 Å². The van der Waals surface area contributed by atoms with Gasteiger partial charge >= 0.3 is 0 Å². The van der Waals surface area contributed by atoms with E-state index in [9.17, 15) is 0 Å². The van der Waals surface area contributed by atoms with Crippen LogP contribution in [0.1, 0.15) is 0 Å². The molecule has 3 aromatic rings. The number of hydrogen-bond donors (Lipinski definition) is 0. The smallest absolute Gasteiger partial charge is 0.243 e. The second-order valence-electron chi connectivity index (χ2n) is 3.53. The van der Waals surface area contributed by atoms with Crippen molar-refractivity contribution in [3.05, 3.63) is 61.7 Å². The Hall–Kier alpha value is -2.76. The molecule has 0 aliphatic rings. The van der Waals surface area contributed by atoms with Crippen molar-refractivity contribution in [3.63, 3.8) is 0 Å². The standard InChI is InChI=1S/C12H10N6/c1-2-4-11(5-3-1)18(17-7-6-13-10-17)12-15-8-14-9-16-12/h1-10H. The molecule has 0 aliphatic heterocycles. The molecular weight excluding hydrogens is 228 g/mol. The molecule has 2 heterocycles. The lowest BCUT2D eigenvalue weighted by molar-refractivity contribution is 0.774. The van der Waals surface area contributed by atoms with Crippen molar-refractivity contribution in [2.45, 2.75) is 0 Å². The van der Waals surface area contributed by atoms with Gasteiger partial charge in [0.2, 0.25) is 0 Å². The Morgan fingerprint density at radius 2 is 1.72 bits per heavy atom. The van der Waals surface area contributed by atoms with Crippen LogP contribution in [0.2, 0.25) is 0 Å². The van der Waals surface area contributed by atoms with Crippen molar-refractivity contribution in [1.82, 2.24) is 24.6 Å². The third kappa shape index (κ3) is 1.91. The van der Waals surface area contributed by atoms with Crippen molar-refractivity contribution >= 4 is 11.6 Å². The van der Waals surface area contributed by atoms with Crippen LogP contribution in [0, 0.1) is 0 Å². The Labute approximate surface area is 104 Å². The highest BCUT2D eigenvalue weighted by Crippen LogP contribution is 2.21. The predicted molar refractivity (Wildman–Crippen MR) is 66.0 cm³/mol. The molecule has 0 fully saturated rings. The molecule has 18 heavy (non-hydrogen) atoms. The molecule has 0 unspecified atom stereocenters. The van der Waals surface area contributed by atoms with Crippen LogP contribution in [-0.4, -0.2) is 24.6 Å². The van der Waals surface area contributed by atoms with E-state index in [4.69, 9.17) is 0 Å². The molecule has 0 spiro atoms. The molecule has 0 saturated carbocycles. The van der Waals surface area contributed by atoms with E-state index in [1.54, 1.807) is 12.5 Å². The van der Waals surface area contributed by atoms with Gasteiger partial charge in [-0.3, -0.25) is 0 Å². The summed E-state index contributed by atoms with van der Waals surface area (Å²) < 4.78 is 1.81. The van der Waals surface area contributed by atoms with Crippen LogP contribution in [-0.2, 0) is 0 Å². The number of imidazole rings is 1. The highest BCUT2D eigenvalue weighted by molar-refractivity contribution is 5.55. The van der Waals surface area contributed by atoms with E-state index in [2.05, 4.69) is 19.9 Å². The molecule has 88 valence electrons. The fourth-order valence-corrected chi connectivity index (χ4v) is 1.63. The molecule has 0 aliphatic carbocycles. The Kier molecular flexibility index (Phi) is 2.67. The highest BCUT2D eigenvalue weighted by atomic mass is 15.6. The van der Waals surface area contributed by atoms with Gasteiger partial charge in [0.15, 0.2) is 0 Å². The van der Waals surface area contributed by atoms with Crippen molar-refractivity contribution < 1.29 is 0 Å². The summed E-state index contributed by atoms with van der Waals surface area (Å²) in [5.74, 6) is 0.536. The first kappa shape index (κ1) is 10.4. The molecule has 2 aromatic heterocycles. The van der Waals surface area contributed by atoms with Crippen LogP contribution >= 0.6 is 0 Å². The van der Waals surface area contributed by atoms with Gasteiger partial charge in [0.25, 0.3) is 5.95 Å². The lowest BCUT2D eigenvalue weighted by Crippen LogP contribution is -2.24. The van der Waals surface area contributed by atoms with Gasteiger partial charge in [0, 0.05) is 12.4 Å². The lowest BCUT2D eigenvalue weighted by atomic mass is 10.3. The van der Waals surface area contributed by atoms with Gasteiger partial charge in [-0.2, -0.15) is 9.97 Å². The first-order chi connectivity index (χ1) is 8.95. The fourth-order valence-electron chi connectivity index (χ4n) is 1.63. The van der Waals surface area contributed by atoms with Crippen molar-refractivity contribution in [3.8, 4) is 0 Å². The van der Waals surface area contributed by atoms with Crippen LogP contribution in [0.3, 0.4) is 0 Å². The van der Waals surface area contributed by atoms with Crippen LogP contribution in [0.4, 0.5) is 11.6 Å². The third-order valence-electron chi connectivity index (χ3n) is 2.39. The first-order valence-corrected chi connectivity index (χ1v) is 5.40. The molecule has 0 amide bonds. The summed E-state index contributed by atoms with van der Waals surface area (Å²) in [5.41, 5.74) is 0.946. The van der Waals surface area contributed by atoms with E-state index >= 15 is 0 Å². The number of aromatic nitrogens is 5. The molecule has 6 nitrogen and oxygen atoms in total. The minimum atomic E-state index is 0.536. The predicted octanol–water partition coefficient (Wildman–Crippen LogP) is 1.67. The van der Waals surface area contributed by atoms with Gasteiger partial charge in [-0.25, -0.2) is 19.7 Å². The quantitative estimate of drug-likeness (QED) is 0.694. The number of para-hydroxylation sites is 1. The summed E-state index contributed by atoms with van der Waals surface area (Å²) in [6.45, 7) is 0. The van der Waals surface area contributed by atoms with E-state index in [1.165, 1.54) is 12.7 Å². The zero-order chi connectivity index (χ0) is 12.2. The summed E-state index contributed by atoms with van der Waals surface area (Å²) in [6.07, 6.45) is 8.16. The minimum Gasteiger partial charge on any atom is -0.243 e. The van der Waals surface area contributed by atoms with Crippen molar-refractivity contribution in [2.24, 2.45) is 0 Å². The fraction of sp³-hybridized carbons (Fsp3) is 0. The maximum Gasteiger partial charge on any atom is 0.252 e. The monoisotopic (exact) mass is 238 g/mol. The molecule has 3 rings (SSSR count). The van der Waals surface area contributed by atoms with Gasteiger partial charge in [-0.05, 0) is 12.1 Å². The van der Waals surface area contributed by atoms with Gasteiger partial charge in [-0.1, -0.05) is 18.2 Å². The molecule has 0 N–H and O–H groups in total. The van der Waals surface area contributed by atoms with Gasteiger partial charge in [0.1, 0.15) is 19.0 Å². The van der Waals surface area contributed by atoms with Crippen molar-refractivity contribution in [1.29, 1.82) is 0 Å². The number of nitrogens with zero attached hydrogens (tertiary/aromatic N) is 6. The topological polar surface area (TPSA) is 59.7 Å². The molecule has 0 saturated heterocycles. The van der Waals surface area contributed by atoms with Gasteiger partial charge < -0.3 is 0 Å². The average molecular weight is 238 g/mol. The maximum atomic E-state index is 4.17. The molecule has 0 radical (unpaired) electrons. The minimum absolute atomic E-state index is 0.536. The van der Waals surface area contributed by atoms with Crippen molar-refractivity contribution in [2.75, 3.05) is 5.01 Å². The number of anilines is 2. The maximum absolute atomic E-state index is 4.17. The molecule has 6 heteroatoms. The molecule has 0 atom stereocenters. The summed E-state index contributed by atoms with van der Waals surface area (Å²) in [6, 6.07) is 9.83. The third-order valence-corrected chi connectivity index (χ3v) is 2.39. The Bertz CT molecular complexity index is 554. The van der Waals surface area contributed by atoms with Crippen LogP contribution in [0.25, 0.3) is 0 Å². The Morgan fingerprint density at radius 1 is 0.944 bits per heavy atom. The highest BCUT2D eigenvalue weighted by Gasteiger charge is 2.12. The van der Waals surface area contributed by atoms with E-state index in [-0.39, 0.29) is 0 Å². The molecular formula is C12H10N6. The largest absolute Gasteiger partial charge is 0.252 e. The number of benzene rings is 1. The van der Waals surface area contributed by atoms with E-state index in [0.29, 0.717) is 5.95 Å². The summed E-state index contributed by atoms with van der Waals surface area (Å²) in [4.78, 5) is 16.2.